The van der Waals surface area contributed by atoms with E-state index in [0.717, 1.165) is 0 Å². The van der Waals surface area contributed by atoms with E-state index in [2.05, 4.69) is 17.2 Å². The summed E-state index contributed by atoms with van der Waals surface area (Å²) in [7, 11) is 1.64. The smallest absolute Gasteiger partial charge is 0.293 e. The molecule has 0 saturated heterocycles. The Hall–Kier alpha value is -1.73. The monoisotopic (exact) mass is 238 g/mol. The lowest BCUT2D eigenvalue weighted by atomic mass is 10.1. The number of nitrogens with zero attached hydrogens (tertiary/aromatic N) is 1. The number of alkyl halides is 1. The van der Waals surface area contributed by atoms with Gasteiger partial charge in [-0.15, -0.1) is 11.6 Å². The van der Waals surface area contributed by atoms with Gasteiger partial charge in [0.25, 0.3) is 5.69 Å². The lowest BCUT2D eigenvalue weighted by molar-refractivity contribution is -0.384. The summed E-state index contributed by atoms with van der Waals surface area (Å²) in [4.78, 5) is 10.3. The fourth-order valence-electron chi connectivity index (χ4n) is 1.18. The molecule has 0 radical (unpaired) electrons. The molecule has 0 aromatic heterocycles. The molecule has 0 aliphatic carbocycles. The molecule has 1 rings (SSSR count). The van der Waals surface area contributed by atoms with Crippen molar-refractivity contribution in [2.75, 3.05) is 18.2 Å². The van der Waals surface area contributed by atoms with Crippen molar-refractivity contribution < 1.29 is 4.92 Å². The van der Waals surface area contributed by atoms with Gasteiger partial charge in [-0.05, 0) is 12.1 Å². The van der Waals surface area contributed by atoms with Gasteiger partial charge in [0.05, 0.1) is 4.92 Å². The van der Waals surface area contributed by atoms with E-state index in [-0.39, 0.29) is 5.69 Å². The van der Waals surface area contributed by atoms with E-state index in [4.69, 9.17) is 11.6 Å². The molecular formula is C11H11ClN2O2. The van der Waals surface area contributed by atoms with Gasteiger partial charge >= 0.3 is 0 Å². The van der Waals surface area contributed by atoms with Crippen molar-refractivity contribution in [2.24, 2.45) is 0 Å². The van der Waals surface area contributed by atoms with Crippen molar-refractivity contribution in [2.45, 2.75) is 6.42 Å². The first-order valence-corrected chi connectivity index (χ1v) is 5.23. The molecule has 0 unspecified atom stereocenters. The van der Waals surface area contributed by atoms with Crippen molar-refractivity contribution in [3.8, 4) is 11.8 Å². The maximum absolute atomic E-state index is 10.8. The summed E-state index contributed by atoms with van der Waals surface area (Å²) >= 11 is 5.48. The summed E-state index contributed by atoms with van der Waals surface area (Å²) in [6.45, 7) is 0. The highest BCUT2D eigenvalue weighted by Crippen LogP contribution is 2.24. The first-order chi connectivity index (χ1) is 7.69. The quantitative estimate of drug-likeness (QED) is 0.381. The van der Waals surface area contributed by atoms with Gasteiger partial charge in [0.15, 0.2) is 0 Å². The second-order valence-corrected chi connectivity index (χ2v) is 3.36. The van der Waals surface area contributed by atoms with Crippen LogP contribution in [0.1, 0.15) is 12.0 Å². The summed E-state index contributed by atoms with van der Waals surface area (Å²) < 4.78 is 0. The fraction of sp³-hybridized carbons (Fsp3) is 0.273. The highest BCUT2D eigenvalue weighted by molar-refractivity contribution is 6.18. The van der Waals surface area contributed by atoms with Crippen LogP contribution in [0.15, 0.2) is 18.2 Å². The number of hydrogen-bond donors (Lipinski definition) is 1. The molecule has 0 aliphatic rings. The van der Waals surface area contributed by atoms with Gasteiger partial charge in [0.1, 0.15) is 5.69 Å². The summed E-state index contributed by atoms with van der Waals surface area (Å²) in [5.74, 6) is 6.12. The molecule has 0 amide bonds. The minimum Gasteiger partial charge on any atom is -0.383 e. The van der Waals surface area contributed by atoms with Crippen molar-refractivity contribution in [3.05, 3.63) is 33.9 Å². The Morgan fingerprint density at radius 1 is 1.56 bits per heavy atom. The molecule has 0 fully saturated rings. The number of nitro groups is 1. The van der Waals surface area contributed by atoms with E-state index in [0.29, 0.717) is 23.6 Å². The molecule has 0 spiro atoms. The van der Waals surface area contributed by atoms with Crippen molar-refractivity contribution in [1.29, 1.82) is 0 Å². The summed E-state index contributed by atoms with van der Waals surface area (Å²) in [5, 5.41) is 13.5. The van der Waals surface area contributed by atoms with E-state index >= 15 is 0 Å². The highest BCUT2D eigenvalue weighted by atomic mass is 35.5. The minimum absolute atomic E-state index is 0.0279. The average Bonchev–Trinajstić information content (AvgIpc) is 2.29. The maximum Gasteiger partial charge on any atom is 0.293 e. The Morgan fingerprint density at radius 2 is 2.31 bits per heavy atom. The zero-order valence-corrected chi connectivity index (χ0v) is 9.54. The van der Waals surface area contributed by atoms with E-state index in [1.54, 1.807) is 19.2 Å². The van der Waals surface area contributed by atoms with E-state index in [1.165, 1.54) is 6.07 Å². The number of halogens is 1. The molecule has 4 nitrogen and oxygen atoms in total. The second kappa shape index (κ2) is 5.99. The van der Waals surface area contributed by atoms with Crippen molar-refractivity contribution >= 4 is 23.0 Å². The van der Waals surface area contributed by atoms with Gasteiger partial charge in [-0.2, -0.15) is 0 Å². The topological polar surface area (TPSA) is 55.2 Å². The van der Waals surface area contributed by atoms with Gasteiger partial charge in [0, 0.05) is 31.0 Å². The largest absolute Gasteiger partial charge is 0.383 e. The molecule has 84 valence electrons. The molecule has 1 aromatic carbocycles. The molecule has 16 heavy (non-hydrogen) atoms. The first kappa shape index (κ1) is 12.3. The van der Waals surface area contributed by atoms with Crippen LogP contribution in [0.5, 0.6) is 0 Å². The van der Waals surface area contributed by atoms with Crippen LogP contribution in [-0.4, -0.2) is 17.9 Å². The Balaban J connectivity index is 3.04. The highest BCUT2D eigenvalue weighted by Gasteiger charge is 2.12. The van der Waals surface area contributed by atoms with Gasteiger partial charge < -0.3 is 5.32 Å². The molecular weight excluding hydrogens is 228 g/mol. The van der Waals surface area contributed by atoms with Crippen molar-refractivity contribution in [3.63, 3.8) is 0 Å². The second-order valence-electron chi connectivity index (χ2n) is 2.98. The Labute approximate surface area is 98.8 Å². The molecule has 1 aromatic rings. The van der Waals surface area contributed by atoms with Gasteiger partial charge in [-0.3, -0.25) is 10.1 Å². The molecule has 0 heterocycles. The zero-order chi connectivity index (χ0) is 12.0. The number of rotatable bonds is 3. The van der Waals surface area contributed by atoms with Gasteiger partial charge in [-0.1, -0.05) is 11.8 Å². The fourth-order valence-corrected chi connectivity index (χ4v) is 1.28. The number of benzene rings is 1. The third-order valence-corrected chi connectivity index (χ3v) is 2.10. The summed E-state index contributed by atoms with van der Waals surface area (Å²) in [6.07, 6.45) is 0.573. The Bertz CT molecular complexity index is 449. The Morgan fingerprint density at radius 3 is 2.88 bits per heavy atom. The summed E-state index contributed by atoms with van der Waals surface area (Å²) in [6, 6.07) is 4.83. The predicted molar refractivity (Wildman–Crippen MR) is 64.9 cm³/mol. The van der Waals surface area contributed by atoms with Crippen LogP contribution in [0.2, 0.25) is 0 Å². The van der Waals surface area contributed by atoms with Gasteiger partial charge in [0.2, 0.25) is 0 Å². The normalized spacial score (nSPS) is 9.12. The third-order valence-electron chi connectivity index (χ3n) is 1.92. The molecule has 0 saturated carbocycles. The average molecular weight is 239 g/mol. The SMILES string of the molecule is CNc1ccc(C#CCCCl)cc1[N+](=O)[O-]. The molecule has 1 N–H and O–H groups in total. The minimum atomic E-state index is -0.432. The number of anilines is 1. The third kappa shape index (κ3) is 3.14. The van der Waals surface area contributed by atoms with Crippen LogP contribution >= 0.6 is 11.6 Å². The van der Waals surface area contributed by atoms with E-state index in [1.807, 2.05) is 0 Å². The van der Waals surface area contributed by atoms with Crippen LogP contribution in [0.4, 0.5) is 11.4 Å². The van der Waals surface area contributed by atoms with Crippen LogP contribution < -0.4 is 5.32 Å². The maximum atomic E-state index is 10.8. The molecule has 0 bridgehead atoms. The van der Waals surface area contributed by atoms with Crippen LogP contribution in [0, 0.1) is 22.0 Å². The van der Waals surface area contributed by atoms with Crippen molar-refractivity contribution in [1.82, 2.24) is 0 Å². The zero-order valence-electron chi connectivity index (χ0n) is 8.79. The standard InChI is InChI=1S/C11H11ClN2O2/c1-13-10-6-5-9(4-2-3-7-12)8-11(10)14(15)16/h5-6,8,13H,3,7H2,1H3. The van der Waals surface area contributed by atoms with Crippen LogP contribution in [0.3, 0.4) is 0 Å². The lowest BCUT2D eigenvalue weighted by Crippen LogP contribution is -1.96. The number of hydrogen-bond acceptors (Lipinski definition) is 3. The van der Waals surface area contributed by atoms with E-state index in [9.17, 15) is 10.1 Å². The van der Waals surface area contributed by atoms with E-state index < -0.39 is 4.92 Å². The van der Waals surface area contributed by atoms with Gasteiger partial charge in [-0.25, -0.2) is 0 Å². The summed E-state index contributed by atoms with van der Waals surface area (Å²) in [5.41, 5.74) is 1.13. The number of nitro benzene ring substituents is 1. The molecule has 5 heteroatoms. The number of nitrogens with one attached hydrogen (secondary N) is 1. The predicted octanol–water partition coefficient (Wildman–Crippen LogP) is 2.62. The van der Waals surface area contributed by atoms with Crippen LogP contribution in [-0.2, 0) is 0 Å². The molecule has 0 atom stereocenters. The lowest BCUT2D eigenvalue weighted by Gasteiger charge is -2.01. The van der Waals surface area contributed by atoms with Crippen LogP contribution in [0.25, 0.3) is 0 Å². The molecule has 0 aliphatic heterocycles. The Kier molecular flexibility index (Phi) is 4.62. The first-order valence-electron chi connectivity index (χ1n) is 4.70.